The second kappa shape index (κ2) is 11.8. The van der Waals surface area contributed by atoms with E-state index in [1.165, 1.54) is 6.42 Å². The first kappa shape index (κ1) is 21.3. The molecule has 19 heavy (non-hydrogen) atoms. The van der Waals surface area contributed by atoms with Crippen molar-refractivity contribution in [3.63, 3.8) is 0 Å². The highest BCUT2D eigenvalue weighted by atomic mass is 35.5. The van der Waals surface area contributed by atoms with Crippen molar-refractivity contribution in [1.82, 2.24) is 15.1 Å². The van der Waals surface area contributed by atoms with E-state index >= 15 is 0 Å². The molecule has 6 heteroatoms. The number of halogens is 2. The molecule has 0 bridgehead atoms. The molecule has 0 spiro atoms. The Hall–Kier alpha value is -0.0300. The zero-order valence-corrected chi connectivity index (χ0v) is 14.0. The molecule has 1 heterocycles. The minimum absolute atomic E-state index is 0. The highest BCUT2D eigenvalue weighted by molar-refractivity contribution is 5.85. The second-order valence-corrected chi connectivity index (χ2v) is 4.87. The largest absolute Gasteiger partial charge is 0.341 e. The van der Waals surface area contributed by atoms with Gasteiger partial charge in [0.2, 0.25) is 5.91 Å². The smallest absolute Gasteiger partial charge is 0.236 e. The lowest BCUT2D eigenvalue weighted by Gasteiger charge is -2.34. The Labute approximate surface area is 130 Å². The quantitative estimate of drug-likeness (QED) is 0.809. The molecule has 0 aliphatic carbocycles. The number of likely N-dealkylation sites (tertiary alicyclic amines) is 1. The van der Waals surface area contributed by atoms with Gasteiger partial charge in [-0.2, -0.15) is 0 Å². The summed E-state index contributed by atoms with van der Waals surface area (Å²) in [4.78, 5) is 16.4. The standard InChI is InChI=1S/C13H27N3O.2ClH/c1-4-15(5-2)11-13(17)16-8-6-7-12(10-16)9-14-3;;/h12,14H,4-11H2,1-3H3;2*1H. The first-order valence-corrected chi connectivity index (χ1v) is 6.85. The lowest BCUT2D eigenvalue weighted by molar-refractivity contribution is -0.134. The lowest BCUT2D eigenvalue weighted by Crippen LogP contribution is -2.46. The Balaban J connectivity index is 0. The molecule has 0 aromatic rings. The Morgan fingerprint density at radius 3 is 2.47 bits per heavy atom. The van der Waals surface area contributed by atoms with Crippen LogP contribution in [0.4, 0.5) is 0 Å². The van der Waals surface area contributed by atoms with Gasteiger partial charge in [-0.05, 0) is 45.4 Å². The van der Waals surface area contributed by atoms with Crippen LogP contribution in [0.3, 0.4) is 0 Å². The van der Waals surface area contributed by atoms with Crippen LogP contribution in [0.5, 0.6) is 0 Å². The van der Waals surface area contributed by atoms with Gasteiger partial charge in [-0.25, -0.2) is 0 Å². The van der Waals surface area contributed by atoms with Crippen molar-refractivity contribution >= 4 is 30.7 Å². The van der Waals surface area contributed by atoms with Crippen LogP contribution in [-0.2, 0) is 4.79 Å². The number of hydrogen-bond acceptors (Lipinski definition) is 3. The van der Waals surface area contributed by atoms with E-state index in [0.717, 1.165) is 39.1 Å². The number of amides is 1. The molecule has 4 nitrogen and oxygen atoms in total. The molecule has 0 aromatic carbocycles. The third-order valence-corrected chi connectivity index (χ3v) is 3.62. The van der Waals surface area contributed by atoms with Crippen LogP contribution in [0, 0.1) is 5.92 Å². The fourth-order valence-electron chi connectivity index (χ4n) is 2.49. The van der Waals surface area contributed by atoms with Gasteiger partial charge in [0, 0.05) is 13.1 Å². The van der Waals surface area contributed by atoms with Crippen molar-refractivity contribution in [1.29, 1.82) is 0 Å². The van der Waals surface area contributed by atoms with E-state index in [0.29, 0.717) is 18.4 Å². The van der Waals surface area contributed by atoms with Crippen molar-refractivity contribution in [2.45, 2.75) is 26.7 Å². The highest BCUT2D eigenvalue weighted by Crippen LogP contribution is 2.15. The summed E-state index contributed by atoms with van der Waals surface area (Å²) in [6.07, 6.45) is 2.40. The van der Waals surface area contributed by atoms with Crippen LogP contribution in [0.2, 0.25) is 0 Å². The van der Waals surface area contributed by atoms with Gasteiger partial charge in [0.25, 0.3) is 0 Å². The SMILES string of the molecule is CCN(CC)CC(=O)N1CCCC(CNC)C1.Cl.Cl. The molecule has 116 valence electrons. The maximum absolute atomic E-state index is 12.1. The molecule has 1 atom stereocenters. The summed E-state index contributed by atoms with van der Waals surface area (Å²) in [7, 11) is 1.98. The van der Waals surface area contributed by atoms with E-state index in [1.54, 1.807) is 0 Å². The summed E-state index contributed by atoms with van der Waals surface area (Å²) in [5, 5.41) is 3.21. The number of hydrogen-bond donors (Lipinski definition) is 1. The normalized spacial score (nSPS) is 18.7. The average molecular weight is 314 g/mol. The first-order valence-electron chi connectivity index (χ1n) is 6.85. The number of nitrogens with zero attached hydrogens (tertiary/aromatic N) is 2. The number of carbonyl (C=O) groups is 1. The zero-order valence-electron chi connectivity index (χ0n) is 12.4. The van der Waals surface area contributed by atoms with Gasteiger partial charge in [0.15, 0.2) is 0 Å². The molecular weight excluding hydrogens is 285 g/mol. The van der Waals surface area contributed by atoms with Gasteiger partial charge in [-0.15, -0.1) is 24.8 Å². The van der Waals surface area contributed by atoms with Crippen LogP contribution in [0.25, 0.3) is 0 Å². The summed E-state index contributed by atoms with van der Waals surface area (Å²) in [6, 6.07) is 0. The number of carbonyl (C=O) groups excluding carboxylic acids is 1. The second-order valence-electron chi connectivity index (χ2n) is 4.87. The van der Waals surface area contributed by atoms with Gasteiger partial charge in [0.1, 0.15) is 0 Å². The van der Waals surface area contributed by atoms with Crippen LogP contribution in [-0.4, -0.2) is 62.0 Å². The van der Waals surface area contributed by atoms with Crippen LogP contribution < -0.4 is 5.32 Å². The number of nitrogens with one attached hydrogen (secondary N) is 1. The maximum atomic E-state index is 12.1. The monoisotopic (exact) mass is 313 g/mol. The zero-order chi connectivity index (χ0) is 12.7. The Morgan fingerprint density at radius 1 is 1.32 bits per heavy atom. The molecule has 1 unspecified atom stereocenters. The Kier molecular flexibility index (Phi) is 13.2. The summed E-state index contributed by atoms with van der Waals surface area (Å²) in [5.74, 6) is 0.934. The average Bonchev–Trinajstić information content (AvgIpc) is 2.36. The van der Waals surface area contributed by atoms with E-state index in [-0.39, 0.29) is 24.8 Å². The molecule has 0 saturated carbocycles. The van der Waals surface area contributed by atoms with Gasteiger partial charge in [-0.3, -0.25) is 9.69 Å². The minimum atomic E-state index is 0. The molecule has 1 saturated heterocycles. The van der Waals surface area contributed by atoms with Crippen molar-refractivity contribution in [3.8, 4) is 0 Å². The molecule has 1 amide bonds. The third-order valence-electron chi connectivity index (χ3n) is 3.62. The number of piperidine rings is 1. The van der Waals surface area contributed by atoms with Crippen molar-refractivity contribution < 1.29 is 4.79 Å². The first-order chi connectivity index (χ1) is 8.21. The van der Waals surface area contributed by atoms with E-state index in [2.05, 4.69) is 24.1 Å². The van der Waals surface area contributed by atoms with Gasteiger partial charge in [0.05, 0.1) is 6.54 Å². The predicted molar refractivity (Wildman–Crippen MR) is 85.5 cm³/mol. The summed E-state index contributed by atoms with van der Waals surface area (Å²) >= 11 is 0. The number of rotatable bonds is 6. The molecule has 1 aliphatic heterocycles. The van der Waals surface area contributed by atoms with Gasteiger partial charge < -0.3 is 10.2 Å². The fraction of sp³-hybridized carbons (Fsp3) is 0.923. The lowest BCUT2D eigenvalue weighted by atomic mass is 9.98. The van der Waals surface area contributed by atoms with Gasteiger partial charge >= 0.3 is 0 Å². The molecule has 1 aliphatic rings. The third kappa shape index (κ3) is 7.35. The minimum Gasteiger partial charge on any atom is -0.341 e. The Bertz CT molecular complexity index is 236. The van der Waals surface area contributed by atoms with E-state index in [9.17, 15) is 4.79 Å². The topological polar surface area (TPSA) is 35.6 Å². The number of likely N-dealkylation sites (N-methyl/N-ethyl adjacent to an activating group) is 1. The van der Waals surface area contributed by atoms with Crippen LogP contribution >= 0.6 is 24.8 Å². The Morgan fingerprint density at radius 2 is 1.95 bits per heavy atom. The van der Waals surface area contributed by atoms with E-state index in [1.807, 2.05) is 11.9 Å². The van der Waals surface area contributed by atoms with Gasteiger partial charge in [-0.1, -0.05) is 13.8 Å². The maximum Gasteiger partial charge on any atom is 0.236 e. The highest BCUT2D eigenvalue weighted by Gasteiger charge is 2.23. The summed E-state index contributed by atoms with van der Waals surface area (Å²) in [6.45, 7) is 9.61. The van der Waals surface area contributed by atoms with Crippen LogP contribution in [0.15, 0.2) is 0 Å². The summed E-state index contributed by atoms with van der Waals surface area (Å²) < 4.78 is 0. The molecule has 0 radical (unpaired) electrons. The summed E-state index contributed by atoms with van der Waals surface area (Å²) in [5.41, 5.74) is 0. The van der Waals surface area contributed by atoms with Crippen molar-refractivity contribution in [2.75, 3.05) is 46.3 Å². The van der Waals surface area contributed by atoms with E-state index < -0.39 is 0 Å². The van der Waals surface area contributed by atoms with Crippen molar-refractivity contribution in [3.05, 3.63) is 0 Å². The van der Waals surface area contributed by atoms with Crippen LogP contribution in [0.1, 0.15) is 26.7 Å². The molecule has 1 rings (SSSR count). The van der Waals surface area contributed by atoms with E-state index in [4.69, 9.17) is 0 Å². The molecule has 1 fully saturated rings. The molecule has 1 N–H and O–H groups in total. The fourth-order valence-corrected chi connectivity index (χ4v) is 2.49. The van der Waals surface area contributed by atoms with Crippen molar-refractivity contribution in [2.24, 2.45) is 5.92 Å². The molecule has 0 aromatic heterocycles. The predicted octanol–water partition coefficient (Wildman–Crippen LogP) is 1.63. The molecular formula is C13H29Cl2N3O.